The summed E-state index contributed by atoms with van der Waals surface area (Å²) in [6.07, 6.45) is 5.94. The van der Waals surface area contributed by atoms with E-state index in [0.29, 0.717) is 13.2 Å². The lowest BCUT2D eigenvalue weighted by molar-refractivity contribution is 0.195. The maximum Gasteiger partial charge on any atom is 0.372 e. The molecule has 0 N–H and O–H groups in total. The lowest BCUT2D eigenvalue weighted by atomic mass is 10.0. The highest BCUT2D eigenvalue weighted by Crippen LogP contribution is 2.22. The predicted molar refractivity (Wildman–Crippen MR) is 110 cm³/mol. The van der Waals surface area contributed by atoms with Gasteiger partial charge in [0.2, 0.25) is 0 Å². The van der Waals surface area contributed by atoms with E-state index in [1.54, 1.807) is 0 Å². The van der Waals surface area contributed by atoms with E-state index in [2.05, 4.69) is 67.4 Å². The van der Waals surface area contributed by atoms with Gasteiger partial charge in [-0.15, -0.1) is 0 Å². The Morgan fingerprint density at radius 3 is 2.27 bits per heavy atom. The number of rotatable bonds is 9. The molecule has 0 aliphatic rings. The van der Waals surface area contributed by atoms with Crippen molar-refractivity contribution in [2.24, 2.45) is 0 Å². The lowest BCUT2D eigenvalue weighted by Crippen LogP contribution is -2.53. The zero-order valence-electron chi connectivity index (χ0n) is 15.7. The maximum absolute atomic E-state index is 6.28. The van der Waals surface area contributed by atoms with Gasteiger partial charge in [0.25, 0.3) is 0 Å². The summed E-state index contributed by atoms with van der Waals surface area (Å²) in [4.78, 5) is 4.41. The van der Waals surface area contributed by atoms with Crippen LogP contribution in [0, 0.1) is 0 Å². The molecule has 3 nitrogen and oxygen atoms in total. The zero-order chi connectivity index (χ0) is 18.2. The average molecular weight is 366 g/mol. The van der Waals surface area contributed by atoms with Crippen molar-refractivity contribution in [2.45, 2.75) is 32.7 Å². The van der Waals surface area contributed by atoms with Crippen LogP contribution in [-0.4, -0.2) is 26.8 Å². The van der Waals surface area contributed by atoms with Crippen LogP contribution in [0.4, 0.5) is 0 Å². The van der Waals surface area contributed by atoms with Crippen molar-refractivity contribution in [3.63, 3.8) is 0 Å². The number of benzene rings is 2. The normalized spacial score (nSPS) is 11.8. The summed E-state index contributed by atoms with van der Waals surface area (Å²) in [7, 11) is -2.41. The van der Waals surface area contributed by atoms with Gasteiger partial charge >= 0.3 is 8.56 Å². The van der Waals surface area contributed by atoms with Crippen LogP contribution >= 0.6 is 0 Å². The molecule has 4 heteroatoms. The molecule has 0 aliphatic carbocycles. The van der Waals surface area contributed by atoms with Crippen LogP contribution in [0.2, 0.25) is 6.04 Å². The van der Waals surface area contributed by atoms with Gasteiger partial charge in [-0.25, -0.2) is 0 Å². The maximum atomic E-state index is 6.28. The van der Waals surface area contributed by atoms with Gasteiger partial charge in [-0.1, -0.05) is 54.6 Å². The highest BCUT2D eigenvalue weighted by Gasteiger charge is 2.38. The minimum absolute atomic E-state index is 0.678. The van der Waals surface area contributed by atoms with Crippen molar-refractivity contribution in [3.8, 4) is 0 Å². The summed E-state index contributed by atoms with van der Waals surface area (Å²) < 4.78 is 12.6. The minimum Gasteiger partial charge on any atom is -0.391 e. The predicted octanol–water partition coefficient (Wildman–Crippen LogP) is 4.59. The summed E-state index contributed by atoms with van der Waals surface area (Å²) >= 11 is 0. The first-order chi connectivity index (χ1) is 12.8. The Labute approximate surface area is 157 Å². The third-order valence-corrected chi connectivity index (χ3v) is 8.41. The second kappa shape index (κ2) is 9.08. The van der Waals surface area contributed by atoms with Gasteiger partial charge in [0, 0.05) is 31.0 Å². The van der Waals surface area contributed by atoms with Gasteiger partial charge < -0.3 is 8.85 Å². The fraction of sp³-hybridized carbons (Fsp3) is 0.318. The van der Waals surface area contributed by atoms with Crippen molar-refractivity contribution < 1.29 is 8.85 Å². The Morgan fingerprint density at radius 1 is 0.846 bits per heavy atom. The Morgan fingerprint density at radius 2 is 1.54 bits per heavy atom. The van der Waals surface area contributed by atoms with Crippen molar-refractivity contribution >= 4 is 24.5 Å². The zero-order valence-corrected chi connectivity index (χ0v) is 16.7. The van der Waals surface area contributed by atoms with Gasteiger partial charge in [0.15, 0.2) is 0 Å². The van der Waals surface area contributed by atoms with Gasteiger partial charge in [0.05, 0.1) is 0 Å². The summed E-state index contributed by atoms with van der Waals surface area (Å²) in [5.41, 5.74) is 1.30. The molecule has 0 fully saturated rings. The molecule has 3 rings (SSSR count). The molecule has 3 aromatic rings. The molecule has 0 saturated carbocycles. The van der Waals surface area contributed by atoms with E-state index >= 15 is 0 Å². The molecule has 136 valence electrons. The largest absolute Gasteiger partial charge is 0.391 e. The first-order valence-electron chi connectivity index (χ1n) is 9.44. The Bertz CT molecular complexity index is 811. The number of aromatic nitrogens is 1. The minimum atomic E-state index is -2.41. The van der Waals surface area contributed by atoms with Crippen LogP contribution in [0.15, 0.2) is 67.0 Å². The van der Waals surface area contributed by atoms with E-state index in [0.717, 1.165) is 18.9 Å². The average Bonchev–Trinajstić information content (AvgIpc) is 2.69. The van der Waals surface area contributed by atoms with E-state index in [1.807, 2.05) is 18.5 Å². The standard InChI is InChI=1S/C22H27NO2Si/c1-3-24-26(25-4-2,21-13-6-5-7-14-21)16-10-12-20-18-23-17-19-11-8-9-15-22(19)20/h5-9,11,13-15,17-18H,3-4,10,12,16H2,1-2H3. The molecular formula is C22H27NO2Si. The second-order valence-electron chi connectivity index (χ2n) is 6.36. The highest BCUT2D eigenvalue weighted by atomic mass is 28.4. The Balaban J connectivity index is 1.79. The van der Waals surface area contributed by atoms with Crippen LogP contribution < -0.4 is 5.19 Å². The fourth-order valence-corrected chi connectivity index (χ4v) is 6.81. The summed E-state index contributed by atoms with van der Waals surface area (Å²) in [6.45, 7) is 5.46. The smallest absolute Gasteiger partial charge is 0.372 e. The third-order valence-electron chi connectivity index (χ3n) is 4.67. The molecule has 0 spiro atoms. The number of hydrogen-bond donors (Lipinski definition) is 0. The number of aryl methyl sites for hydroxylation is 1. The molecule has 0 unspecified atom stereocenters. The second-order valence-corrected chi connectivity index (χ2v) is 9.52. The van der Waals surface area contributed by atoms with E-state index in [1.165, 1.54) is 21.5 Å². The van der Waals surface area contributed by atoms with Crippen LogP contribution in [-0.2, 0) is 15.3 Å². The Hall–Kier alpha value is -2.01. The van der Waals surface area contributed by atoms with E-state index in [9.17, 15) is 0 Å². The molecule has 0 bridgehead atoms. The topological polar surface area (TPSA) is 31.4 Å². The summed E-state index contributed by atoms with van der Waals surface area (Å²) in [6, 6.07) is 19.9. The van der Waals surface area contributed by atoms with Crippen molar-refractivity contribution in [3.05, 3.63) is 72.6 Å². The first kappa shape index (κ1) is 18.8. The number of pyridine rings is 1. The summed E-state index contributed by atoms with van der Waals surface area (Å²) in [5, 5.41) is 3.72. The molecule has 1 heterocycles. The Kier molecular flexibility index (Phi) is 6.55. The monoisotopic (exact) mass is 365 g/mol. The van der Waals surface area contributed by atoms with Crippen LogP contribution in [0.5, 0.6) is 0 Å². The molecule has 1 aromatic heterocycles. The van der Waals surface area contributed by atoms with Crippen molar-refractivity contribution in [1.82, 2.24) is 4.98 Å². The molecule has 0 radical (unpaired) electrons. The molecule has 0 saturated heterocycles. The van der Waals surface area contributed by atoms with Gasteiger partial charge in [-0.05, 0) is 48.9 Å². The number of nitrogens with zero attached hydrogens (tertiary/aromatic N) is 1. The van der Waals surface area contributed by atoms with Crippen LogP contribution in [0.1, 0.15) is 25.8 Å². The molecule has 0 aliphatic heterocycles. The SMILES string of the molecule is CCO[Si](CCCc1cncc2ccccc12)(OCC)c1ccccc1. The summed E-state index contributed by atoms with van der Waals surface area (Å²) in [5.74, 6) is 0. The molecular weight excluding hydrogens is 338 g/mol. The fourth-order valence-electron chi connectivity index (χ4n) is 3.55. The third kappa shape index (κ3) is 4.21. The van der Waals surface area contributed by atoms with Gasteiger partial charge in [0.1, 0.15) is 0 Å². The van der Waals surface area contributed by atoms with Crippen LogP contribution in [0.3, 0.4) is 0 Å². The first-order valence-corrected chi connectivity index (χ1v) is 11.5. The highest BCUT2D eigenvalue weighted by molar-refractivity contribution is 6.81. The lowest BCUT2D eigenvalue weighted by Gasteiger charge is -2.30. The number of hydrogen-bond acceptors (Lipinski definition) is 3. The van der Waals surface area contributed by atoms with Crippen molar-refractivity contribution in [1.29, 1.82) is 0 Å². The number of fused-ring (bicyclic) bond motifs is 1. The van der Waals surface area contributed by atoms with Gasteiger partial charge in [-0.3, -0.25) is 4.98 Å². The van der Waals surface area contributed by atoms with Crippen LogP contribution in [0.25, 0.3) is 10.8 Å². The van der Waals surface area contributed by atoms with E-state index in [-0.39, 0.29) is 0 Å². The molecule has 0 amide bonds. The van der Waals surface area contributed by atoms with E-state index < -0.39 is 8.56 Å². The molecule has 26 heavy (non-hydrogen) atoms. The van der Waals surface area contributed by atoms with Crippen molar-refractivity contribution in [2.75, 3.05) is 13.2 Å². The van der Waals surface area contributed by atoms with E-state index in [4.69, 9.17) is 8.85 Å². The quantitative estimate of drug-likeness (QED) is 0.520. The molecule has 2 aromatic carbocycles. The van der Waals surface area contributed by atoms with Gasteiger partial charge in [-0.2, -0.15) is 0 Å². The molecule has 0 atom stereocenters.